The van der Waals surface area contributed by atoms with Gasteiger partial charge in [-0.15, -0.1) is 0 Å². The number of para-hydroxylation sites is 1. The van der Waals surface area contributed by atoms with E-state index in [-0.39, 0.29) is 5.91 Å². The molecule has 0 aliphatic heterocycles. The van der Waals surface area contributed by atoms with Gasteiger partial charge in [-0.2, -0.15) is 0 Å². The molecule has 0 fully saturated rings. The summed E-state index contributed by atoms with van der Waals surface area (Å²) in [4.78, 5) is 14.7. The van der Waals surface area contributed by atoms with Gasteiger partial charge < -0.3 is 4.90 Å². The normalized spacial score (nSPS) is 10.5. The number of anilines is 1. The van der Waals surface area contributed by atoms with Crippen molar-refractivity contribution in [1.29, 1.82) is 0 Å². The Balaban J connectivity index is 2.18. The van der Waals surface area contributed by atoms with Gasteiger partial charge in [0, 0.05) is 22.8 Å². The smallest absolute Gasteiger partial charge is 0.258 e. The average Bonchev–Trinajstić information content (AvgIpc) is 2.55. The minimum atomic E-state index is 0.00481. The highest BCUT2D eigenvalue weighted by atomic mass is 35.5. The molecule has 0 aliphatic carbocycles. The third kappa shape index (κ3) is 4.60. The molecular formula is C19H22ClNO. The minimum Gasteiger partial charge on any atom is -0.308 e. The zero-order valence-electron chi connectivity index (χ0n) is 13.0. The Morgan fingerprint density at radius 1 is 1.00 bits per heavy atom. The molecule has 22 heavy (non-hydrogen) atoms. The molecule has 0 aromatic heterocycles. The Hall–Kier alpha value is -1.80. The van der Waals surface area contributed by atoms with Crippen LogP contribution in [-0.2, 0) is 0 Å². The molecule has 0 N–H and O–H groups in total. The van der Waals surface area contributed by atoms with Crippen LogP contribution in [0.1, 0.15) is 43.0 Å². The van der Waals surface area contributed by atoms with Crippen LogP contribution in [0.3, 0.4) is 0 Å². The molecule has 0 aliphatic rings. The predicted octanol–water partition coefficient (Wildman–Crippen LogP) is 5.57. The lowest BCUT2D eigenvalue weighted by atomic mass is 10.1. The maximum absolute atomic E-state index is 12.8. The molecule has 0 bridgehead atoms. The van der Waals surface area contributed by atoms with Gasteiger partial charge in [0.25, 0.3) is 5.91 Å². The van der Waals surface area contributed by atoms with Crippen LogP contribution in [0.5, 0.6) is 0 Å². The van der Waals surface area contributed by atoms with Crippen molar-refractivity contribution in [2.45, 2.75) is 32.6 Å². The summed E-state index contributed by atoms with van der Waals surface area (Å²) in [6.07, 6.45) is 4.54. The summed E-state index contributed by atoms with van der Waals surface area (Å²) in [7, 11) is 0. The Bertz CT molecular complexity index is 597. The van der Waals surface area contributed by atoms with Gasteiger partial charge in [-0.1, -0.05) is 62.1 Å². The number of hydrogen-bond acceptors (Lipinski definition) is 1. The van der Waals surface area contributed by atoms with Gasteiger partial charge >= 0.3 is 0 Å². The van der Waals surface area contributed by atoms with Gasteiger partial charge in [-0.05, 0) is 36.8 Å². The van der Waals surface area contributed by atoms with Crippen molar-refractivity contribution in [2.24, 2.45) is 0 Å². The third-order valence-corrected chi connectivity index (χ3v) is 3.85. The van der Waals surface area contributed by atoms with E-state index in [0.29, 0.717) is 10.6 Å². The van der Waals surface area contributed by atoms with Crippen LogP contribution in [0.15, 0.2) is 54.6 Å². The van der Waals surface area contributed by atoms with Crippen LogP contribution in [0, 0.1) is 0 Å². The molecule has 2 aromatic rings. The summed E-state index contributed by atoms with van der Waals surface area (Å²) < 4.78 is 0. The highest BCUT2D eigenvalue weighted by molar-refractivity contribution is 6.31. The Morgan fingerprint density at radius 3 is 2.45 bits per heavy atom. The molecule has 0 heterocycles. The van der Waals surface area contributed by atoms with Crippen molar-refractivity contribution >= 4 is 23.2 Å². The molecule has 0 saturated heterocycles. The molecule has 0 radical (unpaired) electrons. The molecule has 3 heteroatoms. The fraction of sp³-hybridized carbons (Fsp3) is 0.316. The zero-order chi connectivity index (χ0) is 15.8. The maximum Gasteiger partial charge on any atom is 0.258 e. The van der Waals surface area contributed by atoms with Crippen LogP contribution >= 0.6 is 11.6 Å². The second kappa shape index (κ2) is 8.60. The quantitative estimate of drug-likeness (QED) is 0.612. The van der Waals surface area contributed by atoms with Crippen molar-refractivity contribution in [3.63, 3.8) is 0 Å². The minimum absolute atomic E-state index is 0.00481. The molecule has 2 nitrogen and oxygen atoms in total. The standard InChI is InChI=1S/C19H22ClNO/c1-2-3-4-8-14-21(18-12-6-5-7-13-18)19(22)16-10-9-11-17(20)15-16/h5-7,9-13,15H,2-4,8,14H2,1H3. The number of carbonyl (C=O) groups excluding carboxylic acids is 1. The van der Waals surface area contributed by atoms with Gasteiger partial charge in [-0.3, -0.25) is 4.79 Å². The van der Waals surface area contributed by atoms with Crippen LogP contribution in [0.2, 0.25) is 5.02 Å². The van der Waals surface area contributed by atoms with Gasteiger partial charge in [0.15, 0.2) is 0 Å². The molecule has 0 saturated carbocycles. The van der Waals surface area contributed by atoms with Crippen LogP contribution < -0.4 is 4.90 Å². The number of benzene rings is 2. The number of amides is 1. The molecule has 0 atom stereocenters. The van der Waals surface area contributed by atoms with Crippen molar-refractivity contribution in [2.75, 3.05) is 11.4 Å². The first-order valence-corrected chi connectivity index (χ1v) is 8.22. The summed E-state index contributed by atoms with van der Waals surface area (Å²) in [6, 6.07) is 17.0. The zero-order valence-corrected chi connectivity index (χ0v) is 13.7. The molecule has 2 aromatic carbocycles. The molecule has 2 rings (SSSR count). The SMILES string of the molecule is CCCCCCN(C(=O)c1cccc(Cl)c1)c1ccccc1. The molecule has 1 amide bonds. The highest BCUT2D eigenvalue weighted by Crippen LogP contribution is 2.20. The summed E-state index contributed by atoms with van der Waals surface area (Å²) in [5.41, 5.74) is 1.57. The van der Waals surface area contributed by atoms with E-state index in [2.05, 4.69) is 6.92 Å². The van der Waals surface area contributed by atoms with Crippen LogP contribution in [-0.4, -0.2) is 12.5 Å². The van der Waals surface area contributed by atoms with Crippen molar-refractivity contribution in [3.8, 4) is 0 Å². The Morgan fingerprint density at radius 2 is 1.77 bits per heavy atom. The van der Waals surface area contributed by atoms with Crippen LogP contribution in [0.4, 0.5) is 5.69 Å². The first-order chi connectivity index (χ1) is 10.7. The second-order valence-electron chi connectivity index (χ2n) is 5.36. The topological polar surface area (TPSA) is 20.3 Å². The number of hydrogen-bond donors (Lipinski definition) is 0. The molecule has 0 spiro atoms. The summed E-state index contributed by atoms with van der Waals surface area (Å²) in [6.45, 7) is 2.92. The third-order valence-electron chi connectivity index (χ3n) is 3.62. The van der Waals surface area contributed by atoms with Gasteiger partial charge in [-0.25, -0.2) is 0 Å². The van der Waals surface area contributed by atoms with Crippen molar-refractivity contribution in [3.05, 3.63) is 65.2 Å². The number of halogens is 1. The van der Waals surface area contributed by atoms with E-state index in [4.69, 9.17) is 11.6 Å². The number of rotatable bonds is 7. The van der Waals surface area contributed by atoms with Gasteiger partial charge in [0.05, 0.1) is 0 Å². The van der Waals surface area contributed by atoms with E-state index in [1.54, 1.807) is 12.1 Å². The second-order valence-corrected chi connectivity index (χ2v) is 5.80. The van der Waals surface area contributed by atoms with E-state index in [0.717, 1.165) is 25.1 Å². The van der Waals surface area contributed by atoms with Crippen LogP contribution in [0.25, 0.3) is 0 Å². The summed E-state index contributed by atoms with van der Waals surface area (Å²) in [5, 5.41) is 0.588. The first-order valence-electron chi connectivity index (χ1n) is 7.85. The van der Waals surface area contributed by atoms with E-state index in [9.17, 15) is 4.79 Å². The number of carbonyl (C=O) groups is 1. The lowest BCUT2D eigenvalue weighted by Crippen LogP contribution is -2.31. The lowest BCUT2D eigenvalue weighted by Gasteiger charge is -2.23. The number of unbranched alkanes of at least 4 members (excludes halogenated alkanes) is 3. The molecule has 0 unspecified atom stereocenters. The van der Waals surface area contributed by atoms with E-state index in [1.165, 1.54) is 12.8 Å². The van der Waals surface area contributed by atoms with Gasteiger partial charge in [0.2, 0.25) is 0 Å². The Labute approximate surface area is 137 Å². The average molecular weight is 316 g/mol. The van der Waals surface area contributed by atoms with E-state index in [1.807, 2.05) is 47.4 Å². The maximum atomic E-state index is 12.8. The van der Waals surface area contributed by atoms with Crippen molar-refractivity contribution < 1.29 is 4.79 Å². The first kappa shape index (κ1) is 16.6. The van der Waals surface area contributed by atoms with E-state index < -0.39 is 0 Å². The highest BCUT2D eigenvalue weighted by Gasteiger charge is 2.17. The summed E-state index contributed by atoms with van der Waals surface area (Å²) >= 11 is 6.01. The lowest BCUT2D eigenvalue weighted by molar-refractivity contribution is 0.0986. The van der Waals surface area contributed by atoms with E-state index >= 15 is 0 Å². The monoisotopic (exact) mass is 315 g/mol. The largest absolute Gasteiger partial charge is 0.308 e. The fourth-order valence-corrected chi connectivity index (χ4v) is 2.62. The predicted molar refractivity (Wildman–Crippen MR) is 93.7 cm³/mol. The van der Waals surface area contributed by atoms with Gasteiger partial charge in [0.1, 0.15) is 0 Å². The van der Waals surface area contributed by atoms with Crippen molar-refractivity contribution in [1.82, 2.24) is 0 Å². The Kier molecular flexibility index (Phi) is 6.47. The molecular weight excluding hydrogens is 294 g/mol. The summed E-state index contributed by atoms with van der Waals surface area (Å²) in [5.74, 6) is 0.00481. The molecule has 116 valence electrons. The number of nitrogens with zero attached hydrogens (tertiary/aromatic N) is 1. The fourth-order valence-electron chi connectivity index (χ4n) is 2.43.